The summed E-state index contributed by atoms with van der Waals surface area (Å²) in [6.07, 6.45) is 34.0. The summed E-state index contributed by atoms with van der Waals surface area (Å²) in [6, 6.07) is 0. The maximum absolute atomic E-state index is 12.5. The first-order valence-electron chi connectivity index (χ1n) is 17.0. The Morgan fingerprint density at radius 1 is 0.474 bits per heavy atom. The number of hydrogen-bond donors (Lipinski definition) is 1. The molecule has 0 aliphatic heterocycles. The van der Waals surface area contributed by atoms with Crippen molar-refractivity contribution in [3.05, 3.63) is 0 Å². The van der Waals surface area contributed by atoms with E-state index in [1.807, 2.05) is 0 Å². The summed E-state index contributed by atoms with van der Waals surface area (Å²) in [7, 11) is 0. The van der Waals surface area contributed by atoms with Gasteiger partial charge in [-0.25, -0.2) is 0 Å². The van der Waals surface area contributed by atoms with E-state index in [0.717, 1.165) is 70.6 Å². The highest BCUT2D eigenvalue weighted by atomic mass is 16.5. The first kappa shape index (κ1) is 36.9. The topological polar surface area (TPSA) is 63.6 Å². The first-order chi connectivity index (χ1) is 18.6. The zero-order valence-corrected chi connectivity index (χ0v) is 25.8. The molecule has 38 heavy (non-hydrogen) atoms. The molecule has 0 aromatic rings. The standard InChI is InChI=1S/C34H66O4/c1-3-5-7-9-11-12-13-14-15-16-17-23-27-31-34(37)38-32(28-24-20-10-8-6-4-2)29-25-21-18-19-22-26-30-33(35)36/h32H,3-31H2,1-2H3,(H,35,36)/t32-/m0/s1. The third kappa shape index (κ3) is 29.5. The van der Waals surface area contributed by atoms with Gasteiger partial charge in [0.25, 0.3) is 0 Å². The van der Waals surface area contributed by atoms with Crippen LogP contribution in [0.5, 0.6) is 0 Å². The number of carboxylic acids is 1. The zero-order valence-electron chi connectivity index (χ0n) is 25.8. The molecule has 226 valence electrons. The molecular formula is C34H66O4. The van der Waals surface area contributed by atoms with E-state index in [0.29, 0.717) is 6.42 Å². The maximum Gasteiger partial charge on any atom is 0.306 e. The van der Waals surface area contributed by atoms with Crippen LogP contribution in [-0.2, 0) is 14.3 Å². The fourth-order valence-electron chi connectivity index (χ4n) is 5.30. The minimum atomic E-state index is -0.692. The molecule has 0 amide bonds. The van der Waals surface area contributed by atoms with E-state index in [4.69, 9.17) is 9.84 Å². The summed E-state index contributed by atoms with van der Waals surface area (Å²) in [5.74, 6) is -0.680. The van der Waals surface area contributed by atoms with Gasteiger partial charge in [0.15, 0.2) is 0 Å². The number of hydrogen-bond acceptors (Lipinski definition) is 3. The molecule has 0 radical (unpaired) electrons. The van der Waals surface area contributed by atoms with Gasteiger partial charge < -0.3 is 9.84 Å². The fraction of sp³-hybridized carbons (Fsp3) is 0.941. The molecule has 0 aliphatic carbocycles. The van der Waals surface area contributed by atoms with Crippen LogP contribution in [0.4, 0.5) is 0 Å². The van der Waals surface area contributed by atoms with Crippen molar-refractivity contribution in [1.29, 1.82) is 0 Å². The van der Waals surface area contributed by atoms with Crippen molar-refractivity contribution in [2.75, 3.05) is 0 Å². The monoisotopic (exact) mass is 538 g/mol. The van der Waals surface area contributed by atoms with Crippen LogP contribution in [0, 0.1) is 0 Å². The molecular weight excluding hydrogens is 472 g/mol. The van der Waals surface area contributed by atoms with Crippen LogP contribution in [0.25, 0.3) is 0 Å². The molecule has 0 unspecified atom stereocenters. The van der Waals surface area contributed by atoms with Crippen LogP contribution < -0.4 is 0 Å². The SMILES string of the molecule is CCCCCCCCCCCCCCCC(=O)O[C@@H](CCCCCCCC)CCCCCCCCC(=O)O. The van der Waals surface area contributed by atoms with Crippen molar-refractivity contribution in [3.63, 3.8) is 0 Å². The minimum absolute atomic E-state index is 0.0118. The lowest BCUT2D eigenvalue weighted by Crippen LogP contribution is -2.18. The van der Waals surface area contributed by atoms with Crippen LogP contribution in [0.2, 0.25) is 0 Å². The van der Waals surface area contributed by atoms with E-state index in [9.17, 15) is 9.59 Å². The molecule has 0 saturated carbocycles. The molecule has 0 fully saturated rings. The molecule has 0 saturated heterocycles. The van der Waals surface area contributed by atoms with Crippen LogP contribution in [-0.4, -0.2) is 23.1 Å². The van der Waals surface area contributed by atoms with E-state index >= 15 is 0 Å². The van der Waals surface area contributed by atoms with Crippen molar-refractivity contribution in [2.45, 2.75) is 206 Å². The highest BCUT2D eigenvalue weighted by Gasteiger charge is 2.14. The van der Waals surface area contributed by atoms with E-state index in [-0.39, 0.29) is 18.5 Å². The predicted molar refractivity (Wildman–Crippen MR) is 163 cm³/mol. The van der Waals surface area contributed by atoms with Gasteiger partial charge >= 0.3 is 11.9 Å². The van der Waals surface area contributed by atoms with Crippen molar-refractivity contribution < 1.29 is 19.4 Å². The highest BCUT2D eigenvalue weighted by Crippen LogP contribution is 2.19. The number of ether oxygens (including phenoxy) is 1. The first-order valence-corrected chi connectivity index (χ1v) is 17.0. The summed E-state index contributed by atoms with van der Waals surface area (Å²) in [6.45, 7) is 4.52. The zero-order chi connectivity index (χ0) is 27.9. The normalized spacial score (nSPS) is 12.1. The van der Waals surface area contributed by atoms with Gasteiger partial charge in [-0.2, -0.15) is 0 Å². The van der Waals surface area contributed by atoms with E-state index in [2.05, 4.69) is 13.8 Å². The van der Waals surface area contributed by atoms with Gasteiger partial charge in [0.1, 0.15) is 6.10 Å². The van der Waals surface area contributed by atoms with E-state index in [1.165, 1.54) is 103 Å². The smallest absolute Gasteiger partial charge is 0.306 e. The van der Waals surface area contributed by atoms with Gasteiger partial charge in [0.2, 0.25) is 0 Å². The molecule has 0 aliphatic rings. The minimum Gasteiger partial charge on any atom is -0.481 e. The predicted octanol–water partition coefficient (Wildman–Crippen LogP) is 11.3. The number of carbonyl (C=O) groups is 2. The molecule has 1 N–H and O–H groups in total. The van der Waals surface area contributed by atoms with Crippen molar-refractivity contribution in [3.8, 4) is 0 Å². The van der Waals surface area contributed by atoms with E-state index in [1.54, 1.807) is 0 Å². The average Bonchev–Trinajstić information content (AvgIpc) is 2.89. The van der Waals surface area contributed by atoms with Crippen molar-refractivity contribution in [2.24, 2.45) is 0 Å². The van der Waals surface area contributed by atoms with Gasteiger partial charge in [-0.05, 0) is 38.5 Å². The second kappa shape index (κ2) is 30.5. The van der Waals surface area contributed by atoms with E-state index < -0.39 is 5.97 Å². The molecule has 0 aromatic heterocycles. The molecule has 4 nitrogen and oxygen atoms in total. The molecule has 0 heterocycles. The van der Waals surface area contributed by atoms with Gasteiger partial charge in [-0.3, -0.25) is 9.59 Å². The Morgan fingerprint density at radius 2 is 0.789 bits per heavy atom. The third-order valence-electron chi connectivity index (χ3n) is 7.83. The Balaban J connectivity index is 3.92. The number of rotatable bonds is 31. The molecule has 4 heteroatoms. The second-order valence-corrected chi connectivity index (χ2v) is 11.7. The summed E-state index contributed by atoms with van der Waals surface area (Å²) in [4.78, 5) is 23.1. The lowest BCUT2D eigenvalue weighted by Gasteiger charge is -2.18. The van der Waals surface area contributed by atoms with Gasteiger partial charge in [0, 0.05) is 12.8 Å². The van der Waals surface area contributed by atoms with Gasteiger partial charge in [-0.15, -0.1) is 0 Å². The number of esters is 1. The third-order valence-corrected chi connectivity index (χ3v) is 7.83. The summed E-state index contributed by atoms with van der Waals surface area (Å²) in [5.41, 5.74) is 0. The Kier molecular flexibility index (Phi) is 29.6. The summed E-state index contributed by atoms with van der Waals surface area (Å²) in [5, 5.41) is 8.73. The molecule has 1 atom stereocenters. The number of carboxylic acid groups (broad SMARTS) is 1. The fourth-order valence-corrected chi connectivity index (χ4v) is 5.30. The Bertz CT molecular complexity index is 505. The number of aliphatic carboxylic acids is 1. The lowest BCUT2D eigenvalue weighted by atomic mass is 10.0. The largest absolute Gasteiger partial charge is 0.481 e. The molecule has 0 aromatic carbocycles. The highest BCUT2D eigenvalue weighted by molar-refractivity contribution is 5.69. The Hall–Kier alpha value is -1.06. The summed E-state index contributed by atoms with van der Waals surface area (Å²) < 4.78 is 5.95. The second-order valence-electron chi connectivity index (χ2n) is 11.7. The van der Waals surface area contributed by atoms with Crippen LogP contribution in [0.15, 0.2) is 0 Å². The number of carbonyl (C=O) groups excluding carboxylic acids is 1. The van der Waals surface area contributed by atoms with Crippen molar-refractivity contribution in [1.82, 2.24) is 0 Å². The summed E-state index contributed by atoms with van der Waals surface area (Å²) >= 11 is 0. The maximum atomic E-state index is 12.5. The van der Waals surface area contributed by atoms with Crippen LogP contribution in [0.3, 0.4) is 0 Å². The molecule has 0 spiro atoms. The van der Waals surface area contributed by atoms with Crippen LogP contribution in [0.1, 0.15) is 200 Å². The van der Waals surface area contributed by atoms with Crippen LogP contribution >= 0.6 is 0 Å². The Morgan fingerprint density at radius 3 is 1.16 bits per heavy atom. The van der Waals surface area contributed by atoms with Gasteiger partial charge in [-0.1, -0.05) is 149 Å². The molecule has 0 rings (SSSR count). The Labute approximate surface area is 237 Å². The van der Waals surface area contributed by atoms with Crippen molar-refractivity contribution >= 4 is 11.9 Å². The lowest BCUT2D eigenvalue weighted by molar-refractivity contribution is -0.150. The average molecular weight is 539 g/mol. The quantitative estimate of drug-likeness (QED) is 0.0704. The number of unbranched alkanes of at least 4 members (excludes halogenated alkanes) is 22. The van der Waals surface area contributed by atoms with Gasteiger partial charge in [0.05, 0.1) is 0 Å². The molecule has 0 bridgehead atoms.